The minimum Gasteiger partial charge on any atom is -0.497 e. The minimum absolute atomic E-state index is 0.166. The second kappa shape index (κ2) is 8.02. The van der Waals surface area contributed by atoms with Gasteiger partial charge in [-0.3, -0.25) is 4.79 Å². The van der Waals surface area contributed by atoms with Gasteiger partial charge in [-0.15, -0.1) is 0 Å². The van der Waals surface area contributed by atoms with Gasteiger partial charge in [0, 0.05) is 11.6 Å². The van der Waals surface area contributed by atoms with Crippen molar-refractivity contribution < 1.29 is 28.8 Å². The van der Waals surface area contributed by atoms with E-state index in [1.165, 1.54) is 0 Å². The smallest absolute Gasteiger partial charge is 0.235 e. The van der Waals surface area contributed by atoms with Gasteiger partial charge >= 0.3 is 0 Å². The highest BCUT2D eigenvalue weighted by Gasteiger charge is 2.56. The van der Waals surface area contributed by atoms with Crippen molar-refractivity contribution in [3.63, 3.8) is 0 Å². The zero-order valence-electron chi connectivity index (χ0n) is 16.6. The van der Waals surface area contributed by atoms with Crippen LogP contribution in [0.2, 0.25) is 0 Å². The van der Waals surface area contributed by atoms with E-state index in [9.17, 15) is 9.90 Å². The van der Waals surface area contributed by atoms with Crippen molar-refractivity contribution in [2.75, 3.05) is 25.7 Å². The largest absolute Gasteiger partial charge is 0.497 e. The first kappa shape index (κ1) is 19.7. The van der Waals surface area contributed by atoms with Gasteiger partial charge in [0.1, 0.15) is 17.6 Å². The molecule has 0 bridgehead atoms. The van der Waals surface area contributed by atoms with Gasteiger partial charge in [-0.05, 0) is 19.1 Å². The monoisotopic (exact) mass is 399 g/mol. The molecule has 1 N–H and O–H groups in total. The molecular weight excluding hydrogens is 374 g/mol. The maximum atomic E-state index is 12.9. The number of nitrogens with zero attached hydrogens (tertiary/aromatic N) is 1. The highest BCUT2D eigenvalue weighted by atomic mass is 16.7. The molecule has 4 rings (SSSR count). The summed E-state index contributed by atoms with van der Waals surface area (Å²) in [5.74, 6) is 0.419. The molecule has 1 unspecified atom stereocenters. The van der Waals surface area contributed by atoms with Crippen LogP contribution >= 0.6 is 0 Å². The lowest BCUT2D eigenvalue weighted by molar-refractivity contribution is -0.141. The molecule has 2 fully saturated rings. The minimum atomic E-state index is -0.799. The van der Waals surface area contributed by atoms with E-state index in [2.05, 4.69) is 0 Å². The zero-order valence-corrected chi connectivity index (χ0v) is 16.6. The molecule has 0 radical (unpaired) electrons. The van der Waals surface area contributed by atoms with E-state index in [1.54, 1.807) is 44.2 Å². The van der Waals surface area contributed by atoms with Gasteiger partial charge in [-0.25, -0.2) is 0 Å². The molecular formula is C22H25NO6. The lowest BCUT2D eigenvalue weighted by atomic mass is 9.79. The van der Waals surface area contributed by atoms with E-state index in [0.717, 1.165) is 5.56 Å². The van der Waals surface area contributed by atoms with Gasteiger partial charge in [-0.1, -0.05) is 30.3 Å². The Hall–Kier alpha value is -2.61. The number of aliphatic hydroxyl groups is 1. The van der Waals surface area contributed by atoms with E-state index < -0.39 is 18.3 Å². The summed E-state index contributed by atoms with van der Waals surface area (Å²) in [4.78, 5) is 14.6. The van der Waals surface area contributed by atoms with Gasteiger partial charge in [0.2, 0.25) is 5.91 Å². The molecule has 2 aromatic carbocycles. The summed E-state index contributed by atoms with van der Waals surface area (Å²) in [6, 6.07) is 14.6. The number of hydrogen-bond acceptors (Lipinski definition) is 6. The lowest BCUT2D eigenvalue weighted by Crippen LogP contribution is -2.69. The van der Waals surface area contributed by atoms with Gasteiger partial charge in [0.25, 0.3) is 0 Å². The normalized spacial score (nSPS) is 27.4. The van der Waals surface area contributed by atoms with Crippen LogP contribution in [0.3, 0.4) is 0 Å². The molecule has 154 valence electrons. The Bertz CT molecular complexity index is 871. The summed E-state index contributed by atoms with van der Waals surface area (Å²) >= 11 is 0. The number of carbonyl (C=O) groups excluding carboxylic acids is 1. The number of β-lactam (4-membered cyclic amide) rings is 1. The second-order valence-corrected chi connectivity index (χ2v) is 7.25. The number of aliphatic hydroxyl groups excluding tert-OH is 1. The Morgan fingerprint density at radius 1 is 1.14 bits per heavy atom. The van der Waals surface area contributed by atoms with Crippen molar-refractivity contribution in [2.45, 2.75) is 31.5 Å². The first-order valence-electron chi connectivity index (χ1n) is 9.60. The number of amides is 1. The van der Waals surface area contributed by atoms with E-state index in [-0.39, 0.29) is 18.1 Å². The molecule has 0 aliphatic carbocycles. The average molecular weight is 399 g/mol. The van der Waals surface area contributed by atoms with E-state index >= 15 is 0 Å². The van der Waals surface area contributed by atoms with E-state index in [1.807, 2.05) is 30.3 Å². The van der Waals surface area contributed by atoms with Crippen molar-refractivity contribution in [1.29, 1.82) is 0 Å². The first-order chi connectivity index (χ1) is 14.0. The molecule has 0 spiro atoms. The van der Waals surface area contributed by atoms with Crippen LogP contribution in [0, 0.1) is 5.92 Å². The number of ether oxygens (including phenoxy) is 4. The third-order valence-electron chi connectivity index (χ3n) is 5.52. The van der Waals surface area contributed by atoms with Crippen molar-refractivity contribution in [3.8, 4) is 11.5 Å². The highest BCUT2D eigenvalue weighted by molar-refractivity contribution is 6.04. The quantitative estimate of drug-likeness (QED) is 0.753. The Morgan fingerprint density at radius 3 is 2.55 bits per heavy atom. The summed E-state index contributed by atoms with van der Waals surface area (Å²) in [6.07, 6.45) is -1.66. The van der Waals surface area contributed by atoms with Crippen molar-refractivity contribution >= 4 is 11.6 Å². The molecule has 1 amide bonds. The number of rotatable bonds is 6. The molecule has 29 heavy (non-hydrogen) atoms. The molecule has 2 heterocycles. The molecule has 2 saturated heterocycles. The van der Waals surface area contributed by atoms with Crippen LogP contribution in [0.5, 0.6) is 11.5 Å². The molecule has 2 aliphatic rings. The Morgan fingerprint density at radius 2 is 1.90 bits per heavy atom. The standard InChI is InChI=1S/C22H25NO6/c1-13(24)19-20(18-12-28-22(29-18)14-7-5-4-6-8-14)23(21(19)25)16-10-9-15(26-2)11-17(16)27-3/h4-11,13,18-20,22,24H,12H2,1-3H3/t13-,18-,19-,20-,22?/m1/s1. The average Bonchev–Trinajstić information content (AvgIpc) is 3.21. The number of anilines is 1. The van der Waals surface area contributed by atoms with Crippen LogP contribution in [0.15, 0.2) is 48.5 Å². The summed E-state index contributed by atoms with van der Waals surface area (Å²) in [5, 5.41) is 10.2. The molecule has 2 aromatic rings. The predicted molar refractivity (Wildman–Crippen MR) is 106 cm³/mol. The summed E-state index contributed by atoms with van der Waals surface area (Å²) < 4.78 is 22.7. The predicted octanol–water partition coefficient (Wildman–Crippen LogP) is 2.53. The van der Waals surface area contributed by atoms with Crippen molar-refractivity contribution in [1.82, 2.24) is 0 Å². The number of methoxy groups -OCH3 is 2. The summed E-state index contributed by atoms with van der Waals surface area (Å²) in [5.41, 5.74) is 1.54. The fourth-order valence-electron chi connectivity index (χ4n) is 4.07. The number of hydrogen-bond donors (Lipinski definition) is 1. The Kier molecular flexibility index (Phi) is 5.45. The maximum Gasteiger partial charge on any atom is 0.235 e. The van der Waals surface area contributed by atoms with Crippen LogP contribution in [-0.2, 0) is 14.3 Å². The van der Waals surface area contributed by atoms with Crippen molar-refractivity contribution in [2.24, 2.45) is 5.92 Å². The summed E-state index contributed by atoms with van der Waals surface area (Å²) in [7, 11) is 3.12. The summed E-state index contributed by atoms with van der Waals surface area (Å²) in [6.45, 7) is 1.96. The molecule has 2 aliphatic heterocycles. The van der Waals surface area contributed by atoms with Crippen LogP contribution in [0.1, 0.15) is 18.8 Å². The van der Waals surface area contributed by atoms with Gasteiger partial charge in [0.05, 0.1) is 44.6 Å². The van der Waals surface area contributed by atoms with E-state index in [0.29, 0.717) is 23.8 Å². The zero-order chi connectivity index (χ0) is 20.5. The topological polar surface area (TPSA) is 77.5 Å². The SMILES string of the molecule is COc1ccc(N2C(=O)[C@H]([C@@H](C)O)[C@H]2[C@H]2COC(c3ccccc3)O2)c(OC)c1. The van der Waals surface area contributed by atoms with Gasteiger partial charge in [0.15, 0.2) is 6.29 Å². The maximum absolute atomic E-state index is 12.9. The fraction of sp³-hybridized carbons (Fsp3) is 0.409. The Balaban J connectivity index is 1.62. The van der Waals surface area contributed by atoms with Crippen molar-refractivity contribution in [3.05, 3.63) is 54.1 Å². The van der Waals surface area contributed by atoms with Gasteiger partial charge in [-0.2, -0.15) is 0 Å². The number of benzene rings is 2. The fourth-order valence-corrected chi connectivity index (χ4v) is 4.07. The lowest BCUT2D eigenvalue weighted by Gasteiger charge is -2.50. The van der Waals surface area contributed by atoms with E-state index in [4.69, 9.17) is 18.9 Å². The van der Waals surface area contributed by atoms with Crippen LogP contribution in [-0.4, -0.2) is 50.1 Å². The van der Waals surface area contributed by atoms with Crippen LogP contribution in [0.4, 0.5) is 5.69 Å². The first-order valence-corrected chi connectivity index (χ1v) is 9.60. The third kappa shape index (κ3) is 3.46. The van der Waals surface area contributed by atoms with Crippen LogP contribution < -0.4 is 14.4 Å². The number of carbonyl (C=O) groups is 1. The molecule has 5 atom stereocenters. The molecule has 0 saturated carbocycles. The van der Waals surface area contributed by atoms with Gasteiger partial charge < -0.3 is 29.0 Å². The second-order valence-electron chi connectivity index (χ2n) is 7.25. The van der Waals surface area contributed by atoms with Crippen LogP contribution in [0.25, 0.3) is 0 Å². The highest BCUT2D eigenvalue weighted by Crippen LogP contribution is 2.45. The Labute approximate surface area is 169 Å². The third-order valence-corrected chi connectivity index (χ3v) is 5.52. The molecule has 7 heteroatoms. The molecule has 7 nitrogen and oxygen atoms in total. The molecule has 0 aromatic heterocycles.